The van der Waals surface area contributed by atoms with Crippen LogP contribution in [0.4, 0.5) is 5.69 Å². The number of nitrogens with one attached hydrogen (secondary N) is 1. The first-order valence-electron chi connectivity index (χ1n) is 6.43. The zero-order valence-corrected chi connectivity index (χ0v) is 11.0. The number of rotatable bonds is 2. The Labute approximate surface area is 113 Å². The molecule has 0 aromatic heterocycles. The van der Waals surface area contributed by atoms with Gasteiger partial charge in [-0.05, 0) is 37.6 Å². The van der Waals surface area contributed by atoms with Crippen molar-refractivity contribution in [2.45, 2.75) is 25.4 Å². The van der Waals surface area contributed by atoms with Crippen molar-refractivity contribution in [3.8, 4) is 6.07 Å². The molecule has 1 aliphatic rings. The summed E-state index contributed by atoms with van der Waals surface area (Å²) in [7, 11) is 0. The molecule has 19 heavy (non-hydrogen) atoms. The zero-order chi connectivity index (χ0) is 13.8. The van der Waals surface area contributed by atoms with Gasteiger partial charge in [-0.2, -0.15) is 5.26 Å². The molecule has 2 atom stereocenters. The highest BCUT2D eigenvalue weighted by molar-refractivity contribution is 5.86. The third-order valence-electron chi connectivity index (χ3n) is 3.49. The average Bonchev–Trinajstić information content (AvgIpc) is 2.57. The van der Waals surface area contributed by atoms with Gasteiger partial charge in [0.05, 0.1) is 11.6 Å². The maximum absolute atomic E-state index is 12.0. The maximum Gasteiger partial charge on any atom is 0.244 e. The van der Waals surface area contributed by atoms with E-state index in [0.717, 1.165) is 12.1 Å². The second kappa shape index (κ2) is 5.72. The monoisotopic (exact) mass is 258 g/mol. The second-order valence-electron chi connectivity index (χ2n) is 4.75. The quantitative estimate of drug-likeness (QED) is 0.814. The van der Waals surface area contributed by atoms with Gasteiger partial charge in [0.2, 0.25) is 5.91 Å². The number of carbonyl (C=O) groups is 1. The van der Waals surface area contributed by atoms with E-state index in [0.29, 0.717) is 12.1 Å². The van der Waals surface area contributed by atoms with Gasteiger partial charge in [-0.1, -0.05) is 0 Å². The van der Waals surface area contributed by atoms with Crippen molar-refractivity contribution in [1.82, 2.24) is 5.32 Å². The lowest BCUT2D eigenvalue weighted by Gasteiger charge is -2.34. The topological polar surface area (TPSA) is 82.2 Å². The predicted octanol–water partition coefficient (Wildman–Crippen LogP) is 0.600. The molecule has 0 spiro atoms. The number of amides is 1. The van der Waals surface area contributed by atoms with Crippen LogP contribution in [-0.4, -0.2) is 31.1 Å². The molecule has 1 fully saturated rings. The maximum atomic E-state index is 12.0. The lowest BCUT2D eigenvalue weighted by atomic mass is 10.1. The molecular formula is C14H18N4O. The van der Waals surface area contributed by atoms with Crippen molar-refractivity contribution >= 4 is 11.6 Å². The van der Waals surface area contributed by atoms with Crippen molar-refractivity contribution in [3.05, 3.63) is 29.8 Å². The molecule has 100 valence electrons. The van der Waals surface area contributed by atoms with Crippen LogP contribution >= 0.6 is 0 Å². The van der Waals surface area contributed by atoms with Gasteiger partial charge in [0, 0.05) is 24.8 Å². The van der Waals surface area contributed by atoms with Gasteiger partial charge < -0.3 is 16.0 Å². The standard InChI is InChI=1S/C14H18N4O/c1-10-6-7-17-14(19)13(9-16)18(10)12-4-2-11(8-15)3-5-12/h2-5,10,13H,6-7,9,16H2,1H3,(H,17,19). The Hall–Kier alpha value is -2.06. The summed E-state index contributed by atoms with van der Waals surface area (Å²) in [5.74, 6) is -0.0313. The van der Waals surface area contributed by atoms with Crippen molar-refractivity contribution in [1.29, 1.82) is 5.26 Å². The second-order valence-corrected chi connectivity index (χ2v) is 4.75. The van der Waals surface area contributed by atoms with E-state index in [1.807, 2.05) is 17.0 Å². The minimum atomic E-state index is -0.356. The fraction of sp³-hybridized carbons (Fsp3) is 0.429. The van der Waals surface area contributed by atoms with E-state index in [1.54, 1.807) is 12.1 Å². The van der Waals surface area contributed by atoms with Crippen LogP contribution in [0.5, 0.6) is 0 Å². The highest BCUT2D eigenvalue weighted by atomic mass is 16.2. The van der Waals surface area contributed by atoms with Crippen molar-refractivity contribution in [3.63, 3.8) is 0 Å². The van der Waals surface area contributed by atoms with E-state index >= 15 is 0 Å². The Bertz CT molecular complexity index is 491. The van der Waals surface area contributed by atoms with Crippen LogP contribution in [0.15, 0.2) is 24.3 Å². The molecule has 1 heterocycles. The lowest BCUT2D eigenvalue weighted by molar-refractivity contribution is -0.121. The van der Waals surface area contributed by atoms with E-state index in [4.69, 9.17) is 11.0 Å². The number of nitriles is 1. The van der Waals surface area contributed by atoms with Gasteiger partial charge in [0.15, 0.2) is 0 Å². The smallest absolute Gasteiger partial charge is 0.244 e. The van der Waals surface area contributed by atoms with Crippen molar-refractivity contribution < 1.29 is 4.79 Å². The molecule has 3 N–H and O–H groups in total. The first-order chi connectivity index (χ1) is 9.17. The Morgan fingerprint density at radius 2 is 2.16 bits per heavy atom. The van der Waals surface area contributed by atoms with Crippen LogP contribution in [0.3, 0.4) is 0 Å². The summed E-state index contributed by atoms with van der Waals surface area (Å²) in [5, 5.41) is 11.7. The minimum Gasteiger partial charge on any atom is -0.356 e. The van der Waals surface area contributed by atoms with E-state index in [2.05, 4.69) is 18.3 Å². The fourth-order valence-electron chi connectivity index (χ4n) is 2.46. The molecule has 1 aromatic carbocycles. The number of hydrogen-bond acceptors (Lipinski definition) is 4. The van der Waals surface area contributed by atoms with Gasteiger partial charge in [-0.3, -0.25) is 4.79 Å². The highest BCUT2D eigenvalue weighted by Gasteiger charge is 2.31. The van der Waals surface area contributed by atoms with Gasteiger partial charge in [-0.15, -0.1) is 0 Å². The minimum absolute atomic E-state index is 0.0313. The molecule has 1 saturated heterocycles. The molecule has 5 nitrogen and oxygen atoms in total. The fourth-order valence-corrected chi connectivity index (χ4v) is 2.46. The van der Waals surface area contributed by atoms with E-state index in [9.17, 15) is 4.79 Å². The normalized spacial score (nSPS) is 23.4. The third-order valence-corrected chi connectivity index (χ3v) is 3.49. The number of carbonyl (C=O) groups excluding carboxylic acids is 1. The third kappa shape index (κ3) is 2.69. The van der Waals surface area contributed by atoms with Crippen molar-refractivity contribution in [2.75, 3.05) is 18.0 Å². The molecular weight excluding hydrogens is 240 g/mol. The number of benzene rings is 1. The summed E-state index contributed by atoms with van der Waals surface area (Å²) in [5.41, 5.74) is 7.30. The first kappa shape index (κ1) is 13.4. The van der Waals surface area contributed by atoms with Gasteiger partial charge in [0.25, 0.3) is 0 Å². The SMILES string of the molecule is CC1CCNC(=O)C(CN)N1c1ccc(C#N)cc1. The summed E-state index contributed by atoms with van der Waals surface area (Å²) in [6.45, 7) is 3.03. The average molecular weight is 258 g/mol. The molecule has 2 unspecified atom stereocenters. The molecule has 0 saturated carbocycles. The molecule has 1 aromatic rings. The van der Waals surface area contributed by atoms with E-state index < -0.39 is 0 Å². The van der Waals surface area contributed by atoms with Crippen LogP contribution < -0.4 is 16.0 Å². The summed E-state index contributed by atoms with van der Waals surface area (Å²) in [6.07, 6.45) is 0.877. The van der Waals surface area contributed by atoms with Crippen LogP contribution in [0, 0.1) is 11.3 Å². The van der Waals surface area contributed by atoms with Crippen molar-refractivity contribution in [2.24, 2.45) is 5.73 Å². The summed E-state index contributed by atoms with van der Waals surface area (Å²) in [6, 6.07) is 9.23. The number of nitrogens with zero attached hydrogens (tertiary/aromatic N) is 2. The molecule has 0 bridgehead atoms. The molecule has 0 aliphatic carbocycles. The summed E-state index contributed by atoms with van der Waals surface area (Å²) >= 11 is 0. The van der Waals surface area contributed by atoms with Crippen LogP contribution in [-0.2, 0) is 4.79 Å². The van der Waals surface area contributed by atoms with Crippen LogP contribution in [0.2, 0.25) is 0 Å². The Balaban J connectivity index is 2.35. The number of anilines is 1. The summed E-state index contributed by atoms with van der Waals surface area (Å²) in [4.78, 5) is 14.1. The molecule has 2 rings (SSSR count). The van der Waals surface area contributed by atoms with Gasteiger partial charge in [-0.25, -0.2) is 0 Å². The van der Waals surface area contributed by atoms with E-state index in [-0.39, 0.29) is 24.5 Å². The number of nitrogens with two attached hydrogens (primary N) is 1. The highest BCUT2D eigenvalue weighted by Crippen LogP contribution is 2.23. The molecule has 1 aliphatic heterocycles. The largest absolute Gasteiger partial charge is 0.356 e. The first-order valence-corrected chi connectivity index (χ1v) is 6.43. The Morgan fingerprint density at radius 3 is 2.74 bits per heavy atom. The molecule has 0 radical (unpaired) electrons. The zero-order valence-electron chi connectivity index (χ0n) is 11.0. The molecule has 5 heteroatoms. The lowest BCUT2D eigenvalue weighted by Crippen LogP contribution is -2.51. The van der Waals surface area contributed by atoms with Crippen LogP contribution in [0.1, 0.15) is 18.9 Å². The Morgan fingerprint density at radius 1 is 1.47 bits per heavy atom. The van der Waals surface area contributed by atoms with Crippen LogP contribution in [0.25, 0.3) is 0 Å². The van der Waals surface area contributed by atoms with E-state index in [1.165, 1.54) is 0 Å². The van der Waals surface area contributed by atoms with Gasteiger partial charge in [0.1, 0.15) is 6.04 Å². The summed E-state index contributed by atoms with van der Waals surface area (Å²) < 4.78 is 0. The Kier molecular flexibility index (Phi) is 4.03. The van der Waals surface area contributed by atoms with Gasteiger partial charge >= 0.3 is 0 Å². The molecule has 1 amide bonds. The predicted molar refractivity (Wildman–Crippen MR) is 73.6 cm³/mol. The number of hydrogen-bond donors (Lipinski definition) is 2.